The van der Waals surface area contributed by atoms with Crippen molar-refractivity contribution in [2.24, 2.45) is 0 Å². The zero-order valence-electron chi connectivity index (χ0n) is 13.5. The van der Waals surface area contributed by atoms with E-state index in [9.17, 15) is 9.59 Å². The Kier molecular flexibility index (Phi) is 4.80. The van der Waals surface area contributed by atoms with Gasteiger partial charge < -0.3 is 19.2 Å². The molecule has 0 unspecified atom stereocenters. The van der Waals surface area contributed by atoms with E-state index < -0.39 is 5.97 Å². The molecule has 0 atom stereocenters. The molecule has 3 heterocycles. The highest BCUT2D eigenvalue weighted by Gasteiger charge is 2.29. The van der Waals surface area contributed by atoms with Gasteiger partial charge in [0.25, 0.3) is 5.91 Å². The largest absolute Gasteiger partial charge is 0.481 e. The zero-order valence-corrected chi connectivity index (χ0v) is 13.5. The molecule has 2 aromatic rings. The van der Waals surface area contributed by atoms with Gasteiger partial charge in [-0.3, -0.25) is 9.59 Å². The fraction of sp³-hybridized carbons (Fsp3) is 0.471. The quantitative estimate of drug-likeness (QED) is 0.902. The molecule has 7 heteroatoms. The predicted octanol–water partition coefficient (Wildman–Crippen LogP) is 2.23. The molecule has 2 aromatic heterocycles. The van der Waals surface area contributed by atoms with Crippen LogP contribution in [-0.2, 0) is 9.53 Å². The number of carbonyl (C=O) groups excluding carboxylic acids is 1. The average Bonchev–Trinajstić information content (AvgIpc) is 2.98. The number of nitrogens with zero attached hydrogens (tertiary/aromatic N) is 2. The van der Waals surface area contributed by atoms with Crippen molar-refractivity contribution >= 4 is 23.0 Å². The van der Waals surface area contributed by atoms with Gasteiger partial charge in [0.05, 0.1) is 6.42 Å². The first-order chi connectivity index (χ1) is 11.5. The number of aromatic nitrogens is 1. The van der Waals surface area contributed by atoms with Gasteiger partial charge in [0.2, 0.25) is 0 Å². The second-order valence-corrected chi connectivity index (χ2v) is 5.93. The van der Waals surface area contributed by atoms with Crippen LogP contribution in [0.25, 0.3) is 11.1 Å². The van der Waals surface area contributed by atoms with Crippen LogP contribution < -0.4 is 0 Å². The molecular formula is C17H20N2O5. The Bertz CT molecular complexity index is 749. The van der Waals surface area contributed by atoms with Gasteiger partial charge in [0.1, 0.15) is 5.52 Å². The number of aryl methyl sites for hydroxylation is 1. The summed E-state index contributed by atoms with van der Waals surface area (Å²) in [5.74, 6) is -1.03. The Labute approximate surface area is 139 Å². The minimum atomic E-state index is -0.929. The maximum Gasteiger partial charge on any atom is 0.305 e. The van der Waals surface area contributed by atoms with Gasteiger partial charge in [-0.15, -0.1) is 0 Å². The number of furan rings is 1. The van der Waals surface area contributed by atoms with Crippen molar-refractivity contribution in [1.82, 2.24) is 9.88 Å². The lowest BCUT2D eigenvalue weighted by Gasteiger charge is -2.33. The van der Waals surface area contributed by atoms with Crippen LogP contribution in [0.4, 0.5) is 0 Å². The van der Waals surface area contributed by atoms with Crippen LogP contribution in [0.3, 0.4) is 0 Å². The van der Waals surface area contributed by atoms with Gasteiger partial charge >= 0.3 is 5.97 Å². The van der Waals surface area contributed by atoms with Crippen molar-refractivity contribution in [2.75, 3.05) is 19.8 Å². The van der Waals surface area contributed by atoms with E-state index in [0.29, 0.717) is 37.2 Å². The van der Waals surface area contributed by atoms with Crippen molar-refractivity contribution in [1.29, 1.82) is 0 Å². The van der Waals surface area contributed by atoms with Crippen LogP contribution in [0.1, 0.15) is 35.5 Å². The van der Waals surface area contributed by atoms with E-state index in [1.54, 1.807) is 17.0 Å². The smallest absolute Gasteiger partial charge is 0.305 e. The summed E-state index contributed by atoms with van der Waals surface area (Å²) in [5.41, 5.74) is 2.02. The SMILES string of the molecule is Cc1ccc2oc(C(=O)N(CCC(=O)O)C3CCOCC3)cc2n1. The molecule has 128 valence electrons. The molecule has 24 heavy (non-hydrogen) atoms. The highest BCUT2D eigenvalue weighted by Crippen LogP contribution is 2.22. The van der Waals surface area contributed by atoms with E-state index in [1.807, 2.05) is 13.0 Å². The second-order valence-electron chi connectivity index (χ2n) is 5.93. The van der Waals surface area contributed by atoms with Crippen LogP contribution in [0.15, 0.2) is 22.6 Å². The summed E-state index contributed by atoms with van der Waals surface area (Å²) in [7, 11) is 0. The molecular weight excluding hydrogens is 312 g/mol. The third-order valence-corrected chi connectivity index (χ3v) is 4.18. The Morgan fingerprint density at radius 2 is 2.08 bits per heavy atom. The molecule has 3 rings (SSSR count). The molecule has 0 spiro atoms. The number of ether oxygens (including phenoxy) is 1. The molecule has 0 aliphatic carbocycles. The molecule has 1 amide bonds. The van der Waals surface area contributed by atoms with Crippen LogP contribution in [0.2, 0.25) is 0 Å². The van der Waals surface area contributed by atoms with Crippen LogP contribution in [0.5, 0.6) is 0 Å². The molecule has 1 N–H and O–H groups in total. The highest BCUT2D eigenvalue weighted by atomic mass is 16.5. The topological polar surface area (TPSA) is 92.9 Å². The van der Waals surface area contributed by atoms with Gasteiger partial charge in [-0.2, -0.15) is 0 Å². The van der Waals surface area contributed by atoms with Crippen LogP contribution in [-0.4, -0.2) is 52.7 Å². The Morgan fingerprint density at radius 3 is 2.79 bits per heavy atom. The van der Waals surface area contributed by atoms with Crippen LogP contribution in [0, 0.1) is 6.92 Å². The third kappa shape index (κ3) is 3.56. The number of carboxylic acids is 1. The van der Waals surface area contributed by atoms with E-state index in [2.05, 4.69) is 4.98 Å². The summed E-state index contributed by atoms with van der Waals surface area (Å²) in [5, 5.41) is 8.96. The summed E-state index contributed by atoms with van der Waals surface area (Å²) in [6.45, 7) is 3.17. The number of hydrogen-bond acceptors (Lipinski definition) is 5. The summed E-state index contributed by atoms with van der Waals surface area (Å²) in [6.07, 6.45) is 1.30. The summed E-state index contributed by atoms with van der Waals surface area (Å²) in [4.78, 5) is 29.8. The minimum Gasteiger partial charge on any atom is -0.481 e. The lowest BCUT2D eigenvalue weighted by atomic mass is 10.1. The Hall–Kier alpha value is -2.41. The van der Waals surface area contributed by atoms with Gasteiger partial charge in [0, 0.05) is 37.6 Å². The predicted molar refractivity (Wildman–Crippen MR) is 85.9 cm³/mol. The maximum absolute atomic E-state index is 12.9. The second kappa shape index (κ2) is 7.00. The van der Waals surface area contributed by atoms with Crippen molar-refractivity contribution in [3.8, 4) is 0 Å². The van der Waals surface area contributed by atoms with Gasteiger partial charge in [-0.05, 0) is 31.9 Å². The lowest BCUT2D eigenvalue weighted by molar-refractivity contribution is -0.137. The van der Waals surface area contributed by atoms with Gasteiger partial charge in [-0.25, -0.2) is 4.98 Å². The number of rotatable bonds is 5. The third-order valence-electron chi connectivity index (χ3n) is 4.18. The van der Waals surface area contributed by atoms with E-state index >= 15 is 0 Å². The fourth-order valence-corrected chi connectivity index (χ4v) is 2.94. The molecule has 0 saturated carbocycles. The lowest BCUT2D eigenvalue weighted by Crippen LogP contribution is -2.44. The minimum absolute atomic E-state index is 0.0338. The Balaban J connectivity index is 1.86. The molecule has 0 radical (unpaired) electrons. The molecule has 0 bridgehead atoms. The molecule has 0 aromatic carbocycles. The molecule has 1 aliphatic heterocycles. The van der Waals surface area contributed by atoms with Crippen LogP contribution >= 0.6 is 0 Å². The normalized spacial score (nSPS) is 15.5. The number of aliphatic carboxylic acids is 1. The zero-order chi connectivity index (χ0) is 17.1. The first-order valence-corrected chi connectivity index (χ1v) is 8.02. The first-order valence-electron chi connectivity index (χ1n) is 8.02. The molecule has 1 saturated heterocycles. The number of pyridine rings is 1. The molecule has 1 fully saturated rings. The summed E-state index contributed by atoms with van der Waals surface area (Å²) >= 11 is 0. The summed E-state index contributed by atoms with van der Waals surface area (Å²) < 4.78 is 11.0. The van der Waals surface area contributed by atoms with Crippen molar-refractivity contribution in [3.63, 3.8) is 0 Å². The van der Waals surface area contributed by atoms with Crippen molar-refractivity contribution in [2.45, 2.75) is 32.2 Å². The first kappa shape index (κ1) is 16.4. The van der Waals surface area contributed by atoms with Crippen molar-refractivity contribution < 1.29 is 23.8 Å². The number of carbonyl (C=O) groups is 2. The average molecular weight is 332 g/mol. The van der Waals surface area contributed by atoms with Gasteiger partial charge in [0.15, 0.2) is 11.3 Å². The van der Waals surface area contributed by atoms with Gasteiger partial charge in [-0.1, -0.05) is 0 Å². The fourth-order valence-electron chi connectivity index (χ4n) is 2.94. The van der Waals surface area contributed by atoms with E-state index in [0.717, 1.165) is 5.69 Å². The number of fused-ring (bicyclic) bond motifs is 1. The Morgan fingerprint density at radius 1 is 1.33 bits per heavy atom. The summed E-state index contributed by atoms with van der Waals surface area (Å²) in [6, 6.07) is 5.19. The van der Waals surface area contributed by atoms with E-state index in [1.165, 1.54) is 0 Å². The standard InChI is InChI=1S/C17H20N2O5/c1-11-2-3-14-13(18-11)10-15(24-14)17(22)19(7-4-16(20)21)12-5-8-23-9-6-12/h2-3,10,12H,4-9H2,1H3,(H,20,21). The van der Waals surface area contributed by atoms with Crippen molar-refractivity contribution in [3.05, 3.63) is 29.7 Å². The highest BCUT2D eigenvalue weighted by molar-refractivity contribution is 5.95. The number of amides is 1. The van der Waals surface area contributed by atoms with E-state index in [-0.39, 0.29) is 30.7 Å². The molecule has 7 nitrogen and oxygen atoms in total. The monoisotopic (exact) mass is 332 g/mol. The van der Waals surface area contributed by atoms with E-state index in [4.69, 9.17) is 14.3 Å². The number of carboxylic acid groups (broad SMARTS) is 1. The molecule has 1 aliphatic rings. The number of hydrogen-bond donors (Lipinski definition) is 1. The maximum atomic E-state index is 12.9.